The quantitative estimate of drug-likeness (QED) is 0.749. The molecule has 0 saturated carbocycles. The van der Waals surface area contributed by atoms with Crippen LogP contribution in [0.2, 0.25) is 0 Å². The first-order valence-electron chi connectivity index (χ1n) is 9.87. The number of benzene rings is 1. The van der Waals surface area contributed by atoms with E-state index in [1.165, 1.54) is 4.31 Å². The predicted molar refractivity (Wildman–Crippen MR) is 110 cm³/mol. The monoisotopic (exact) mass is 420 g/mol. The van der Waals surface area contributed by atoms with Gasteiger partial charge in [-0.05, 0) is 50.1 Å². The number of nitrogens with zero attached hydrogens (tertiary/aromatic N) is 2. The smallest absolute Gasteiger partial charge is 0.277 e. The van der Waals surface area contributed by atoms with Crippen molar-refractivity contribution in [3.8, 4) is 0 Å². The summed E-state index contributed by atoms with van der Waals surface area (Å²) in [6.45, 7) is 8.45. The van der Waals surface area contributed by atoms with Gasteiger partial charge in [-0.25, -0.2) is 8.42 Å². The largest absolute Gasteiger partial charge is 0.464 e. The third-order valence-corrected chi connectivity index (χ3v) is 7.45. The molecule has 8 heteroatoms. The Labute approximate surface area is 172 Å². The molecule has 1 amide bonds. The van der Waals surface area contributed by atoms with Crippen LogP contribution in [-0.4, -0.2) is 63.3 Å². The molecule has 1 saturated heterocycles. The van der Waals surface area contributed by atoms with Crippen LogP contribution < -0.4 is 4.90 Å². The van der Waals surface area contributed by atoms with Gasteiger partial charge in [0.05, 0.1) is 37.6 Å². The average Bonchev–Trinajstić information content (AvgIpc) is 3.08. The average molecular weight is 421 g/mol. The molecule has 1 aliphatic heterocycles. The molecule has 0 bridgehead atoms. The molecular weight excluding hydrogens is 390 g/mol. The maximum absolute atomic E-state index is 13.0. The van der Waals surface area contributed by atoms with Gasteiger partial charge in [0.1, 0.15) is 11.5 Å². The minimum atomic E-state index is -3.51. The van der Waals surface area contributed by atoms with Gasteiger partial charge < -0.3 is 14.2 Å². The lowest BCUT2D eigenvalue weighted by molar-refractivity contribution is -0.896. The van der Waals surface area contributed by atoms with Gasteiger partial charge in [-0.15, -0.1) is 0 Å². The van der Waals surface area contributed by atoms with Gasteiger partial charge in [0.25, 0.3) is 5.91 Å². The minimum Gasteiger partial charge on any atom is -0.464 e. The van der Waals surface area contributed by atoms with Crippen LogP contribution in [0.25, 0.3) is 0 Å². The Kier molecular flexibility index (Phi) is 6.45. The number of rotatable bonds is 6. The van der Waals surface area contributed by atoms with E-state index in [-0.39, 0.29) is 5.91 Å². The second-order valence-electron chi connectivity index (χ2n) is 7.86. The van der Waals surface area contributed by atoms with Crippen molar-refractivity contribution in [1.29, 1.82) is 0 Å². The van der Waals surface area contributed by atoms with Gasteiger partial charge in [0.2, 0.25) is 10.0 Å². The molecule has 1 aromatic carbocycles. The minimum absolute atomic E-state index is 0.0277. The number of carbonyl (C=O) groups excluding carboxylic acids is 1. The molecule has 2 aromatic rings. The van der Waals surface area contributed by atoms with Crippen LogP contribution in [0.3, 0.4) is 0 Å². The molecule has 0 radical (unpaired) electrons. The number of sulfonamides is 1. The van der Waals surface area contributed by atoms with Gasteiger partial charge >= 0.3 is 0 Å². The molecule has 0 atom stereocenters. The van der Waals surface area contributed by atoms with E-state index in [9.17, 15) is 13.2 Å². The summed E-state index contributed by atoms with van der Waals surface area (Å²) in [6, 6.07) is 9.26. The topological polar surface area (TPSA) is 75.3 Å². The molecule has 29 heavy (non-hydrogen) atoms. The molecule has 0 aliphatic carbocycles. The molecule has 1 N–H and O–H groups in total. The zero-order valence-electron chi connectivity index (χ0n) is 17.6. The van der Waals surface area contributed by atoms with Crippen LogP contribution in [0.1, 0.15) is 22.6 Å². The molecular formula is C21H30N3O4S+. The lowest BCUT2D eigenvalue weighted by atomic mass is 10.2. The van der Waals surface area contributed by atoms with Gasteiger partial charge in [0, 0.05) is 7.05 Å². The van der Waals surface area contributed by atoms with Crippen molar-refractivity contribution < 1.29 is 22.5 Å². The van der Waals surface area contributed by atoms with E-state index >= 15 is 0 Å². The van der Waals surface area contributed by atoms with E-state index in [2.05, 4.69) is 0 Å². The van der Waals surface area contributed by atoms with Crippen LogP contribution in [0.15, 0.2) is 39.6 Å². The summed E-state index contributed by atoms with van der Waals surface area (Å²) < 4.78 is 33.1. The Morgan fingerprint density at radius 1 is 1.14 bits per heavy atom. The van der Waals surface area contributed by atoms with E-state index in [1.807, 2.05) is 45.0 Å². The molecule has 0 unspecified atom stereocenters. The van der Waals surface area contributed by atoms with E-state index in [4.69, 9.17) is 4.42 Å². The van der Waals surface area contributed by atoms with Crippen molar-refractivity contribution >= 4 is 15.9 Å². The first-order chi connectivity index (χ1) is 13.7. The highest BCUT2D eigenvalue weighted by atomic mass is 32.2. The second kappa shape index (κ2) is 8.69. The number of likely N-dealkylation sites (N-methyl/N-ethyl adjacent to an activating group) is 1. The predicted octanol–water partition coefficient (Wildman–Crippen LogP) is 0.753. The number of aryl methyl sites for hydroxylation is 3. The van der Waals surface area contributed by atoms with Crippen molar-refractivity contribution in [3.05, 3.63) is 53.0 Å². The Morgan fingerprint density at radius 3 is 2.45 bits per heavy atom. The van der Waals surface area contributed by atoms with Crippen molar-refractivity contribution in [2.24, 2.45) is 0 Å². The number of furan rings is 1. The number of piperazine rings is 1. The molecule has 1 aromatic heterocycles. The van der Waals surface area contributed by atoms with Gasteiger partial charge in [-0.1, -0.05) is 12.1 Å². The second-order valence-corrected chi connectivity index (χ2v) is 9.77. The third-order valence-electron chi connectivity index (χ3n) is 5.41. The molecule has 1 fully saturated rings. The number of carbonyl (C=O) groups is 1. The first-order valence-corrected chi connectivity index (χ1v) is 11.3. The third kappa shape index (κ3) is 5.07. The Morgan fingerprint density at radius 2 is 1.83 bits per heavy atom. The Balaban J connectivity index is 1.56. The fourth-order valence-corrected chi connectivity index (χ4v) is 5.34. The SMILES string of the molecule is Cc1ccc(C)c(S(=O)(=O)N2CC[NH+](CC(=O)N(C)Cc3ccc(C)o3)CC2)c1. The number of hydrogen-bond acceptors (Lipinski definition) is 4. The summed E-state index contributed by atoms with van der Waals surface area (Å²) in [7, 11) is -1.74. The van der Waals surface area contributed by atoms with E-state index in [1.54, 1.807) is 18.0 Å². The Bertz CT molecular complexity index is 976. The van der Waals surface area contributed by atoms with Crippen LogP contribution in [0, 0.1) is 20.8 Å². The summed E-state index contributed by atoms with van der Waals surface area (Å²) >= 11 is 0. The van der Waals surface area contributed by atoms with Crippen LogP contribution in [0.5, 0.6) is 0 Å². The van der Waals surface area contributed by atoms with Crippen LogP contribution in [0.4, 0.5) is 0 Å². The molecule has 3 rings (SSSR count). The van der Waals surface area contributed by atoms with Gasteiger partial charge in [-0.3, -0.25) is 4.79 Å². The molecule has 0 spiro atoms. The highest BCUT2D eigenvalue weighted by Gasteiger charge is 2.32. The lowest BCUT2D eigenvalue weighted by Gasteiger charge is -2.32. The molecule has 7 nitrogen and oxygen atoms in total. The van der Waals surface area contributed by atoms with E-state index < -0.39 is 10.0 Å². The molecule has 158 valence electrons. The summed E-state index contributed by atoms with van der Waals surface area (Å²) in [6.07, 6.45) is 0. The number of hydrogen-bond donors (Lipinski definition) is 1. The van der Waals surface area contributed by atoms with Crippen LogP contribution in [-0.2, 0) is 21.4 Å². The maximum Gasteiger partial charge on any atom is 0.277 e. The summed E-state index contributed by atoms with van der Waals surface area (Å²) in [5.74, 6) is 1.62. The van der Waals surface area contributed by atoms with Crippen molar-refractivity contribution in [1.82, 2.24) is 9.21 Å². The van der Waals surface area contributed by atoms with Crippen molar-refractivity contribution in [3.63, 3.8) is 0 Å². The van der Waals surface area contributed by atoms with Crippen molar-refractivity contribution in [2.45, 2.75) is 32.2 Å². The highest BCUT2D eigenvalue weighted by Crippen LogP contribution is 2.21. The maximum atomic E-state index is 13.0. The van der Waals surface area contributed by atoms with E-state index in [0.717, 1.165) is 27.5 Å². The number of nitrogens with one attached hydrogen (secondary N) is 1. The normalized spacial score (nSPS) is 16.1. The standard InChI is InChI=1S/C21H29N3O4S/c1-16-5-6-17(2)20(13-16)29(26,27)24-11-9-23(10-12-24)15-21(25)22(4)14-19-8-7-18(3)28-19/h5-8,13H,9-12,14-15H2,1-4H3/p+1. The van der Waals surface area contributed by atoms with Gasteiger partial charge in [0.15, 0.2) is 6.54 Å². The fraction of sp³-hybridized carbons (Fsp3) is 0.476. The van der Waals surface area contributed by atoms with Crippen LogP contribution >= 0.6 is 0 Å². The fourth-order valence-electron chi connectivity index (χ4n) is 3.58. The Hall–Kier alpha value is -2.16. The summed E-state index contributed by atoms with van der Waals surface area (Å²) in [5.41, 5.74) is 1.69. The van der Waals surface area contributed by atoms with Crippen molar-refractivity contribution in [2.75, 3.05) is 39.8 Å². The zero-order chi connectivity index (χ0) is 21.2. The molecule has 1 aliphatic rings. The van der Waals surface area contributed by atoms with E-state index in [0.29, 0.717) is 44.2 Å². The number of amides is 1. The highest BCUT2D eigenvalue weighted by molar-refractivity contribution is 7.89. The zero-order valence-corrected chi connectivity index (χ0v) is 18.4. The van der Waals surface area contributed by atoms with Gasteiger partial charge in [-0.2, -0.15) is 4.31 Å². The first kappa shape index (κ1) is 21.5. The summed E-state index contributed by atoms with van der Waals surface area (Å²) in [5, 5.41) is 0. The lowest BCUT2D eigenvalue weighted by Crippen LogP contribution is -3.15. The summed E-state index contributed by atoms with van der Waals surface area (Å²) in [4.78, 5) is 15.7. The number of quaternary nitrogens is 1. The molecule has 2 heterocycles.